The normalized spacial score (nSPS) is 17.6. The Labute approximate surface area is 123 Å². The first kappa shape index (κ1) is 11.9. The Balaban J connectivity index is 1.74. The van der Waals surface area contributed by atoms with Gasteiger partial charge in [0, 0.05) is 29.2 Å². The average Bonchev–Trinajstić information content (AvgIpc) is 3.05. The maximum absolute atomic E-state index is 6.10. The van der Waals surface area contributed by atoms with E-state index in [1.165, 1.54) is 22.3 Å². The van der Waals surface area contributed by atoms with Crippen LogP contribution in [-0.4, -0.2) is 13.2 Å². The monoisotopic (exact) mass is 283 g/mol. The molecule has 0 saturated carbocycles. The van der Waals surface area contributed by atoms with E-state index in [1.54, 1.807) is 0 Å². The molecule has 0 fully saturated rings. The second-order valence-electron chi connectivity index (χ2n) is 5.18. The molecule has 2 heterocycles. The van der Waals surface area contributed by atoms with Gasteiger partial charge in [-0.1, -0.05) is 17.7 Å². The van der Waals surface area contributed by atoms with Crippen molar-refractivity contribution in [1.29, 1.82) is 0 Å². The molecule has 0 atom stereocenters. The van der Waals surface area contributed by atoms with E-state index >= 15 is 0 Å². The quantitative estimate of drug-likeness (QED) is 0.845. The van der Waals surface area contributed by atoms with Gasteiger partial charge in [0.15, 0.2) is 0 Å². The summed E-state index contributed by atoms with van der Waals surface area (Å²) in [6, 6.07) is 12.4. The van der Waals surface area contributed by atoms with Crippen LogP contribution in [0.3, 0.4) is 0 Å². The predicted molar refractivity (Wildman–Crippen MR) is 83.5 cm³/mol. The molecule has 0 aromatic heterocycles. The Morgan fingerprint density at radius 1 is 1.15 bits per heavy atom. The van der Waals surface area contributed by atoms with Crippen molar-refractivity contribution >= 4 is 28.9 Å². The van der Waals surface area contributed by atoms with Crippen LogP contribution in [0.4, 0.5) is 5.69 Å². The van der Waals surface area contributed by atoms with E-state index in [2.05, 4.69) is 29.6 Å². The lowest BCUT2D eigenvalue weighted by Gasteiger charge is -2.03. The number of fused-ring (bicyclic) bond motifs is 2. The number of hydrogen-bond donors (Lipinski definition) is 1. The minimum Gasteiger partial charge on any atom is -0.493 e. The summed E-state index contributed by atoms with van der Waals surface area (Å²) in [4.78, 5) is 0. The van der Waals surface area contributed by atoms with Crippen molar-refractivity contribution in [3.63, 3.8) is 0 Å². The molecule has 0 aliphatic carbocycles. The van der Waals surface area contributed by atoms with E-state index in [9.17, 15) is 0 Å². The van der Waals surface area contributed by atoms with Crippen molar-refractivity contribution in [1.82, 2.24) is 0 Å². The number of anilines is 1. The van der Waals surface area contributed by atoms with E-state index in [-0.39, 0.29) is 0 Å². The van der Waals surface area contributed by atoms with Crippen molar-refractivity contribution in [2.45, 2.75) is 6.42 Å². The Hall–Kier alpha value is -1.93. The number of ether oxygens (including phenoxy) is 1. The minimum atomic E-state index is 0.778. The van der Waals surface area contributed by atoms with Crippen molar-refractivity contribution in [2.75, 3.05) is 18.5 Å². The molecule has 2 aliphatic rings. The highest BCUT2D eigenvalue weighted by molar-refractivity contribution is 6.31. The lowest BCUT2D eigenvalue weighted by atomic mass is 10.0. The van der Waals surface area contributed by atoms with Crippen molar-refractivity contribution in [2.24, 2.45) is 0 Å². The van der Waals surface area contributed by atoms with Crippen LogP contribution in [0, 0.1) is 0 Å². The van der Waals surface area contributed by atoms with Gasteiger partial charge in [0.1, 0.15) is 5.75 Å². The summed E-state index contributed by atoms with van der Waals surface area (Å²) in [6.45, 7) is 1.65. The van der Waals surface area contributed by atoms with Crippen LogP contribution in [0.1, 0.15) is 16.7 Å². The Morgan fingerprint density at radius 3 is 3.05 bits per heavy atom. The molecular formula is C17H14ClNO. The highest BCUT2D eigenvalue weighted by Gasteiger charge is 2.16. The van der Waals surface area contributed by atoms with E-state index in [1.807, 2.05) is 18.2 Å². The first-order valence-electron chi connectivity index (χ1n) is 6.80. The second-order valence-corrected chi connectivity index (χ2v) is 5.62. The largest absolute Gasteiger partial charge is 0.493 e. The third kappa shape index (κ3) is 1.97. The molecule has 2 aromatic carbocycles. The van der Waals surface area contributed by atoms with Crippen LogP contribution >= 0.6 is 11.6 Å². The standard InChI is InChI=1S/C17H14ClNO/c18-14-2-3-16-15(9-14)13(10-19-16)8-11-1-4-17-12(7-11)5-6-20-17/h1-4,7-9,19H,5-6,10H2. The summed E-state index contributed by atoms with van der Waals surface area (Å²) >= 11 is 6.10. The lowest BCUT2D eigenvalue weighted by Crippen LogP contribution is -1.91. The Morgan fingerprint density at radius 2 is 2.10 bits per heavy atom. The molecule has 2 aliphatic heterocycles. The summed E-state index contributed by atoms with van der Waals surface area (Å²) in [7, 11) is 0. The van der Waals surface area contributed by atoms with Gasteiger partial charge in [0.2, 0.25) is 0 Å². The third-order valence-electron chi connectivity index (χ3n) is 3.85. The van der Waals surface area contributed by atoms with Crippen molar-refractivity contribution in [3.05, 3.63) is 58.1 Å². The van der Waals surface area contributed by atoms with E-state index in [0.717, 1.165) is 36.0 Å². The van der Waals surface area contributed by atoms with Gasteiger partial charge < -0.3 is 10.1 Å². The number of nitrogens with one attached hydrogen (secondary N) is 1. The van der Waals surface area contributed by atoms with Crippen LogP contribution in [0.2, 0.25) is 5.02 Å². The van der Waals surface area contributed by atoms with Gasteiger partial charge in [-0.15, -0.1) is 0 Å². The van der Waals surface area contributed by atoms with Gasteiger partial charge in [0.25, 0.3) is 0 Å². The molecule has 0 radical (unpaired) electrons. The summed E-state index contributed by atoms with van der Waals surface area (Å²) in [6.07, 6.45) is 3.24. The molecular weight excluding hydrogens is 270 g/mol. The molecule has 0 bridgehead atoms. The van der Waals surface area contributed by atoms with Gasteiger partial charge in [-0.25, -0.2) is 0 Å². The van der Waals surface area contributed by atoms with Crippen LogP contribution in [0.5, 0.6) is 5.75 Å². The van der Waals surface area contributed by atoms with E-state index in [0.29, 0.717) is 0 Å². The molecule has 0 unspecified atom stereocenters. The van der Waals surface area contributed by atoms with Gasteiger partial charge in [-0.05, 0) is 53.1 Å². The first-order valence-corrected chi connectivity index (χ1v) is 7.17. The molecule has 20 heavy (non-hydrogen) atoms. The molecule has 2 aromatic rings. The highest BCUT2D eigenvalue weighted by Crippen LogP contribution is 2.35. The maximum Gasteiger partial charge on any atom is 0.122 e. The zero-order chi connectivity index (χ0) is 13.5. The maximum atomic E-state index is 6.10. The zero-order valence-electron chi connectivity index (χ0n) is 10.9. The number of rotatable bonds is 1. The first-order chi connectivity index (χ1) is 9.79. The van der Waals surface area contributed by atoms with Crippen molar-refractivity contribution in [3.8, 4) is 5.75 Å². The molecule has 3 heteroatoms. The summed E-state index contributed by atoms with van der Waals surface area (Å²) in [5, 5.41) is 4.18. The predicted octanol–water partition coefficient (Wildman–Crippen LogP) is 4.24. The third-order valence-corrected chi connectivity index (χ3v) is 4.09. The zero-order valence-corrected chi connectivity index (χ0v) is 11.7. The second kappa shape index (κ2) is 4.57. The molecule has 2 nitrogen and oxygen atoms in total. The molecule has 4 rings (SSSR count). The van der Waals surface area contributed by atoms with Crippen LogP contribution in [0.25, 0.3) is 11.6 Å². The number of hydrogen-bond acceptors (Lipinski definition) is 2. The molecule has 0 amide bonds. The smallest absolute Gasteiger partial charge is 0.122 e. The van der Waals surface area contributed by atoms with Crippen LogP contribution in [0.15, 0.2) is 36.4 Å². The fraction of sp³-hybridized carbons (Fsp3) is 0.176. The highest BCUT2D eigenvalue weighted by atomic mass is 35.5. The number of benzene rings is 2. The van der Waals surface area contributed by atoms with Gasteiger partial charge in [-0.3, -0.25) is 0 Å². The molecule has 0 saturated heterocycles. The molecule has 100 valence electrons. The Bertz CT molecular complexity index is 721. The van der Waals surface area contributed by atoms with Crippen molar-refractivity contribution < 1.29 is 4.74 Å². The van der Waals surface area contributed by atoms with E-state index < -0.39 is 0 Å². The lowest BCUT2D eigenvalue weighted by molar-refractivity contribution is 0.357. The minimum absolute atomic E-state index is 0.778. The van der Waals surface area contributed by atoms with Gasteiger partial charge in [-0.2, -0.15) is 0 Å². The SMILES string of the molecule is Clc1ccc2c(c1)C(=Cc1ccc3c(c1)CCO3)CN2. The molecule has 0 spiro atoms. The summed E-state index contributed by atoms with van der Waals surface area (Å²) < 4.78 is 5.54. The number of halogens is 1. The Kier molecular flexibility index (Phi) is 2.71. The topological polar surface area (TPSA) is 21.3 Å². The fourth-order valence-corrected chi connectivity index (χ4v) is 3.02. The fourth-order valence-electron chi connectivity index (χ4n) is 2.85. The van der Waals surface area contributed by atoms with E-state index in [4.69, 9.17) is 16.3 Å². The average molecular weight is 284 g/mol. The van der Waals surface area contributed by atoms with Gasteiger partial charge in [0.05, 0.1) is 6.61 Å². The molecule has 1 N–H and O–H groups in total. The van der Waals surface area contributed by atoms with Gasteiger partial charge >= 0.3 is 0 Å². The summed E-state index contributed by atoms with van der Waals surface area (Å²) in [5.74, 6) is 1.03. The van der Waals surface area contributed by atoms with Crippen LogP contribution < -0.4 is 10.1 Å². The summed E-state index contributed by atoms with van der Waals surface area (Å²) in [5.41, 5.74) is 6.16. The van der Waals surface area contributed by atoms with Crippen LogP contribution in [-0.2, 0) is 6.42 Å².